The Morgan fingerprint density at radius 1 is 0.700 bits per heavy atom. The third kappa shape index (κ3) is 5.39. The summed E-state index contributed by atoms with van der Waals surface area (Å²) in [7, 11) is 0. The molecule has 0 saturated heterocycles. The van der Waals surface area contributed by atoms with E-state index >= 15 is 0 Å². The van der Waals surface area contributed by atoms with Gasteiger partial charge in [-0.05, 0) is 66.7 Å². The molecule has 0 N–H and O–H groups in total. The van der Waals surface area contributed by atoms with Gasteiger partial charge in [0.25, 0.3) is 0 Å². The number of aryl methyl sites for hydroxylation is 2. The van der Waals surface area contributed by atoms with E-state index in [1.165, 1.54) is 40.1 Å². The molecule has 1 aromatic heterocycles. The predicted octanol–water partition coefficient (Wildman–Crippen LogP) is 7.87. The van der Waals surface area contributed by atoms with Gasteiger partial charge in [-0.3, -0.25) is 0 Å². The maximum Gasteiger partial charge on any atom is 0.121 e. The zero-order chi connectivity index (χ0) is 27.0. The van der Waals surface area contributed by atoms with E-state index in [-0.39, 0.29) is 0 Å². The van der Waals surface area contributed by atoms with Crippen LogP contribution >= 0.6 is 0 Å². The molecule has 40 heavy (non-hydrogen) atoms. The number of hydrogen-bond donors (Lipinski definition) is 0. The van der Waals surface area contributed by atoms with Crippen molar-refractivity contribution in [3.05, 3.63) is 161 Å². The second kappa shape index (κ2) is 12.5. The molecule has 0 amide bonds. The van der Waals surface area contributed by atoms with E-state index in [0.717, 1.165) is 45.3 Å². The lowest BCUT2D eigenvalue weighted by Gasteiger charge is -2.39. The Morgan fingerprint density at radius 2 is 1.25 bits per heavy atom. The second-order valence-electron chi connectivity index (χ2n) is 10.9. The van der Waals surface area contributed by atoms with Gasteiger partial charge in [-0.15, -0.1) is 0 Å². The van der Waals surface area contributed by atoms with Crippen molar-refractivity contribution in [1.82, 2.24) is 9.55 Å². The van der Waals surface area contributed by atoms with Gasteiger partial charge in [0.2, 0.25) is 0 Å². The largest absolute Gasteiger partial charge is 0.381 e. The highest BCUT2D eigenvalue weighted by Gasteiger charge is 2.41. The highest BCUT2D eigenvalue weighted by molar-refractivity contribution is 5.51. The van der Waals surface area contributed by atoms with Gasteiger partial charge < -0.3 is 9.30 Å². The number of nitrogens with zero attached hydrogens (tertiary/aromatic N) is 2. The van der Waals surface area contributed by atoms with E-state index in [4.69, 9.17) is 9.72 Å². The first-order chi connectivity index (χ1) is 19.9. The molecule has 0 saturated carbocycles. The van der Waals surface area contributed by atoms with E-state index in [0.29, 0.717) is 5.92 Å². The van der Waals surface area contributed by atoms with Crippen molar-refractivity contribution < 1.29 is 4.74 Å². The Kier molecular flexibility index (Phi) is 8.20. The highest BCUT2D eigenvalue weighted by atomic mass is 16.5. The monoisotopic (exact) mass is 526 g/mol. The Bertz CT molecular complexity index is 1370. The number of benzene rings is 4. The first kappa shape index (κ1) is 26.3. The van der Waals surface area contributed by atoms with Crippen LogP contribution in [-0.2, 0) is 29.5 Å². The fraction of sp³-hybridized carbons (Fsp3) is 0.270. The Balaban J connectivity index is 1.26. The molecule has 1 unspecified atom stereocenters. The van der Waals surface area contributed by atoms with Crippen LogP contribution in [0.2, 0.25) is 0 Å². The number of ether oxygens (including phenoxy) is 1. The number of fused-ring (bicyclic) bond motifs is 1. The maximum atomic E-state index is 6.25. The molecule has 6 rings (SSSR count). The lowest BCUT2D eigenvalue weighted by molar-refractivity contribution is 0.0904. The van der Waals surface area contributed by atoms with Gasteiger partial charge in [0.1, 0.15) is 5.54 Å². The number of hydrogen-bond acceptors (Lipinski definition) is 2. The van der Waals surface area contributed by atoms with Crippen molar-refractivity contribution in [2.24, 2.45) is 5.92 Å². The minimum Gasteiger partial charge on any atom is -0.381 e. The van der Waals surface area contributed by atoms with Crippen molar-refractivity contribution in [3.63, 3.8) is 0 Å². The standard InChI is InChI=1S/C37H38N2O/c1-5-15-30(16-6-1)17-13-14-26-40-28-31-24-25-35-36(27-31)39(29-38-35)37(32-18-7-2-8-19-32,33-20-9-3-10-21-33)34-22-11-4-12-23-34/h1-12,15-16,18-23,29,31H,13-14,17,24-28H2. The molecule has 0 spiro atoms. The third-order valence-electron chi connectivity index (χ3n) is 8.36. The van der Waals surface area contributed by atoms with Crippen molar-refractivity contribution in [1.29, 1.82) is 0 Å². The SMILES string of the molecule is c1ccc(CCCCOCC2CCc3ncn(C(c4ccccc4)(c4ccccc4)c4ccccc4)c3C2)cc1. The summed E-state index contributed by atoms with van der Waals surface area (Å²) >= 11 is 0. The summed E-state index contributed by atoms with van der Waals surface area (Å²) in [6, 6.07) is 43.5. The smallest absolute Gasteiger partial charge is 0.121 e. The zero-order valence-electron chi connectivity index (χ0n) is 23.2. The van der Waals surface area contributed by atoms with Gasteiger partial charge in [-0.2, -0.15) is 0 Å². The predicted molar refractivity (Wildman–Crippen MR) is 163 cm³/mol. The van der Waals surface area contributed by atoms with Crippen LogP contribution in [0.3, 0.4) is 0 Å². The molecule has 0 fully saturated rings. The quantitative estimate of drug-likeness (QED) is 0.129. The van der Waals surface area contributed by atoms with E-state index in [2.05, 4.69) is 132 Å². The lowest BCUT2D eigenvalue weighted by atomic mass is 9.76. The molecule has 5 aromatic rings. The minimum atomic E-state index is -0.509. The van der Waals surface area contributed by atoms with Gasteiger partial charge >= 0.3 is 0 Å². The van der Waals surface area contributed by atoms with Gasteiger partial charge in [-0.1, -0.05) is 121 Å². The molecule has 4 aromatic carbocycles. The molecule has 1 aliphatic rings. The van der Waals surface area contributed by atoms with Crippen LogP contribution in [0.1, 0.15) is 52.9 Å². The summed E-state index contributed by atoms with van der Waals surface area (Å²) in [6.07, 6.45) is 8.58. The first-order valence-electron chi connectivity index (χ1n) is 14.7. The first-order valence-corrected chi connectivity index (χ1v) is 14.7. The summed E-state index contributed by atoms with van der Waals surface area (Å²) < 4.78 is 8.72. The topological polar surface area (TPSA) is 27.1 Å². The van der Waals surface area contributed by atoms with Crippen LogP contribution in [0.15, 0.2) is 128 Å². The summed E-state index contributed by atoms with van der Waals surface area (Å²) in [5.41, 5.74) is 7.18. The van der Waals surface area contributed by atoms with Crippen LogP contribution < -0.4 is 0 Å². The molecular weight excluding hydrogens is 488 g/mol. The molecule has 0 bridgehead atoms. The van der Waals surface area contributed by atoms with Crippen LogP contribution in [0, 0.1) is 5.92 Å². The minimum absolute atomic E-state index is 0.497. The molecule has 1 atom stereocenters. The number of rotatable bonds is 11. The van der Waals surface area contributed by atoms with E-state index in [9.17, 15) is 0 Å². The Labute approximate surface area is 238 Å². The zero-order valence-corrected chi connectivity index (χ0v) is 23.2. The summed E-state index contributed by atoms with van der Waals surface area (Å²) in [6.45, 7) is 1.64. The molecule has 1 aliphatic carbocycles. The lowest BCUT2D eigenvalue weighted by Crippen LogP contribution is -2.39. The number of imidazole rings is 1. The van der Waals surface area contributed by atoms with Crippen molar-refractivity contribution in [3.8, 4) is 0 Å². The summed E-state index contributed by atoms with van der Waals surface area (Å²) in [5, 5.41) is 0. The molecule has 1 heterocycles. The summed E-state index contributed by atoms with van der Waals surface area (Å²) in [4.78, 5) is 5.01. The molecule has 3 nitrogen and oxygen atoms in total. The number of unbranched alkanes of at least 4 members (excludes halogenated alkanes) is 1. The second-order valence-corrected chi connectivity index (χ2v) is 10.9. The fourth-order valence-electron chi connectivity index (χ4n) is 6.37. The van der Waals surface area contributed by atoms with Crippen molar-refractivity contribution in [2.75, 3.05) is 13.2 Å². The number of aromatic nitrogens is 2. The van der Waals surface area contributed by atoms with Crippen LogP contribution in [-0.4, -0.2) is 22.8 Å². The third-order valence-corrected chi connectivity index (χ3v) is 8.36. The maximum absolute atomic E-state index is 6.25. The van der Waals surface area contributed by atoms with E-state index in [1.54, 1.807) is 0 Å². The molecule has 0 radical (unpaired) electrons. The van der Waals surface area contributed by atoms with E-state index < -0.39 is 5.54 Å². The van der Waals surface area contributed by atoms with Gasteiger partial charge in [0.05, 0.1) is 12.0 Å². The van der Waals surface area contributed by atoms with Gasteiger partial charge in [0, 0.05) is 18.9 Å². The van der Waals surface area contributed by atoms with Crippen LogP contribution in [0.25, 0.3) is 0 Å². The fourth-order valence-corrected chi connectivity index (χ4v) is 6.37. The average Bonchev–Trinajstić information content (AvgIpc) is 3.45. The molecular formula is C37H38N2O. The van der Waals surface area contributed by atoms with Crippen molar-refractivity contribution in [2.45, 2.75) is 44.1 Å². The van der Waals surface area contributed by atoms with Crippen molar-refractivity contribution >= 4 is 0 Å². The van der Waals surface area contributed by atoms with Gasteiger partial charge in [-0.25, -0.2) is 4.98 Å². The van der Waals surface area contributed by atoms with E-state index in [1.807, 2.05) is 0 Å². The average molecular weight is 527 g/mol. The Hall–Kier alpha value is -3.95. The van der Waals surface area contributed by atoms with Crippen LogP contribution in [0.4, 0.5) is 0 Å². The normalized spacial score (nSPS) is 15.1. The molecule has 0 aliphatic heterocycles. The molecule has 3 heteroatoms. The highest BCUT2D eigenvalue weighted by Crippen LogP contribution is 2.43. The molecule has 202 valence electrons. The van der Waals surface area contributed by atoms with Gasteiger partial charge in [0.15, 0.2) is 0 Å². The summed E-state index contributed by atoms with van der Waals surface area (Å²) in [5.74, 6) is 0.497. The van der Waals surface area contributed by atoms with Crippen LogP contribution in [0.5, 0.6) is 0 Å². The Morgan fingerprint density at radius 3 is 1.82 bits per heavy atom.